The molecule has 100 valence electrons. The highest BCUT2D eigenvalue weighted by Gasteiger charge is 2.15. The number of carbonyl (C=O) groups is 1. The van der Waals surface area contributed by atoms with Crippen molar-refractivity contribution in [3.63, 3.8) is 0 Å². The molecule has 0 aliphatic carbocycles. The van der Waals surface area contributed by atoms with E-state index in [2.05, 4.69) is 5.32 Å². The second-order valence-corrected chi connectivity index (χ2v) is 3.84. The number of rotatable bonds is 6. The first-order chi connectivity index (χ1) is 8.63. The van der Waals surface area contributed by atoms with Gasteiger partial charge in [-0.1, -0.05) is 0 Å². The molecule has 18 heavy (non-hydrogen) atoms. The molecule has 0 aromatic heterocycles. The highest BCUT2D eigenvalue weighted by Crippen LogP contribution is 2.31. The Kier molecular flexibility index (Phi) is 5.45. The number of amides is 1. The second-order valence-electron chi connectivity index (χ2n) is 3.84. The van der Waals surface area contributed by atoms with E-state index in [9.17, 15) is 4.79 Å². The van der Waals surface area contributed by atoms with E-state index in [0.29, 0.717) is 24.5 Å². The fourth-order valence-corrected chi connectivity index (χ4v) is 1.60. The van der Waals surface area contributed by atoms with Crippen LogP contribution in [0.4, 0.5) is 5.69 Å². The zero-order valence-corrected chi connectivity index (χ0v) is 11.3. The maximum absolute atomic E-state index is 11.9. The van der Waals surface area contributed by atoms with Crippen molar-refractivity contribution in [2.24, 2.45) is 0 Å². The fraction of sp³-hybridized carbons (Fsp3) is 0.462. The number of carbonyl (C=O) groups excluding carboxylic acids is 1. The van der Waals surface area contributed by atoms with E-state index in [-0.39, 0.29) is 5.91 Å². The van der Waals surface area contributed by atoms with Gasteiger partial charge in [0.2, 0.25) is 5.91 Å². The van der Waals surface area contributed by atoms with Crippen LogP contribution in [-0.2, 0) is 4.79 Å². The quantitative estimate of drug-likeness (QED) is 0.828. The molecular weight excluding hydrogens is 232 g/mol. The molecule has 0 saturated carbocycles. The van der Waals surface area contributed by atoms with Crippen molar-refractivity contribution in [2.75, 3.05) is 39.8 Å². The standard InChI is InChI=1S/C13H20N2O3/c1-14-8-7-13(16)15(2)11-6-5-10(17-3)9-12(11)18-4/h5-6,9,14H,7-8H2,1-4H3. The minimum absolute atomic E-state index is 0.0350. The van der Waals surface area contributed by atoms with Crippen LogP contribution in [0.5, 0.6) is 11.5 Å². The molecule has 0 heterocycles. The second kappa shape index (κ2) is 6.86. The molecule has 0 atom stereocenters. The molecule has 5 heteroatoms. The average Bonchev–Trinajstić information content (AvgIpc) is 2.43. The van der Waals surface area contributed by atoms with Gasteiger partial charge in [0, 0.05) is 26.1 Å². The van der Waals surface area contributed by atoms with Crippen molar-refractivity contribution in [3.05, 3.63) is 18.2 Å². The van der Waals surface area contributed by atoms with Gasteiger partial charge in [-0.2, -0.15) is 0 Å². The Morgan fingerprint density at radius 3 is 2.61 bits per heavy atom. The van der Waals surface area contributed by atoms with Gasteiger partial charge in [0.15, 0.2) is 0 Å². The molecule has 0 fully saturated rings. The lowest BCUT2D eigenvalue weighted by Crippen LogP contribution is -2.29. The topological polar surface area (TPSA) is 50.8 Å². The Labute approximate surface area is 108 Å². The number of hydrogen-bond donors (Lipinski definition) is 1. The van der Waals surface area contributed by atoms with E-state index >= 15 is 0 Å². The number of nitrogens with zero attached hydrogens (tertiary/aromatic N) is 1. The van der Waals surface area contributed by atoms with Gasteiger partial charge in [0.25, 0.3) is 0 Å². The molecule has 1 rings (SSSR count). The van der Waals surface area contributed by atoms with E-state index in [1.807, 2.05) is 13.1 Å². The van der Waals surface area contributed by atoms with Gasteiger partial charge in [-0.15, -0.1) is 0 Å². The normalized spacial score (nSPS) is 10.0. The third kappa shape index (κ3) is 3.37. The molecule has 0 unspecified atom stereocenters. The van der Waals surface area contributed by atoms with Crippen LogP contribution in [0.2, 0.25) is 0 Å². The number of nitrogens with one attached hydrogen (secondary N) is 1. The predicted molar refractivity (Wildman–Crippen MR) is 71.5 cm³/mol. The number of methoxy groups -OCH3 is 2. The SMILES string of the molecule is CNCCC(=O)N(C)c1ccc(OC)cc1OC. The summed E-state index contributed by atoms with van der Waals surface area (Å²) < 4.78 is 10.4. The molecule has 1 aromatic carbocycles. The predicted octanol–water partition coefficient (Wildman–Crippen LogP) is 1.28. The molecule has 1 amide bonds. The first kappa shape index (κ1) is 14.3. The van der Waals surface area contributed by atoms with Crippen LogP contribution in [0.25, 0.3) is 0 Å². The molecule has 0 radical (unpaired) electrons. The van der Waals surface area contributed by atoms with E-state index in [0.717, 1.165) is 5.69 Å². The van der Waals surface area contributed by atoms with E-state index < -0.39 is 0 Å². The van der Waals surface area contributed by atoms with Crippen molar-refractivity contribution in [1.29, 1.82) is 0 Å². The summed E-state index contributed by atoms with van der Waals surface area (Å²) in [6.07, 6.45) is 0.447. The van der Waals surface area contributed by atoms with Crippen molar-refractivity contribution < 1.29 is 14.3 Å². The van der Waals surface area contributed by atoms with Crippen LogP contribution in [0.15, 0.2) is 18.2 Å². The van der Waals surface area contributed by atoms with Gasteiger partial charge in [0.1, 0.15) is 11.5 Å². The lowest BCUT2D eigenvalue weighted by atomic mass is 10.2. The minimum Gasteiger partial charge on any atom is -0.497 e. The van der Waals surface area contributed by atoms with Crippen molar-refractivity contribution >= 4 is 11.6 Å². The van der Waals surface area contributed by atoms with Crippen LogP contribution in [0, 0.1) is 0 Å². The van der Waals surface area contributed by atoms with Crippen molar-refractivity contribution in [2.45, 2.75) is 6.42 Å². The molecule has 0 bridgehead atoms. The van der Waals surface area contributed by atoms with Gasteiger partial charge >= 0.3 is 0 Å². The Balaban J connectivity index is 2.90. The van der Waals surface area contributed by atoms with Gasteiger partial charge in [-0.25, -0.2) is 0 Å². The molecule has 0 saturated heterocycles. The molecule has 5 nitrogen and oxygen atoms in total. The van der Waals surface area contributed by atoms with E-state index in [1.54, 1.807) is 38.3 Å². The van der Waals surface area contributed by atoms with E-state index in [4.69, 9.17) is 9.47 Å². The zero-order valence-electron chi connectivity index (χ0n) is 11.3. The Morgan fingerprint density at radius 2 is 2.06 bits per heavy atom. The zero-order chi connectivity index (χ0) is 13.5. The van der Waals surface area contributed by atoms with Gasteiger partial charge in [-0.05, 0) is 19.2 Å². The fourth-order valence-electron chi connectivity index (χ4n) is 1.60. The smallest absolute Gasteiger partial charge is 0.228 e. The highest BCUT2D eigenvalue weighted by atomic mass is 16.5. The maximum Gasteiger partial charge on any atom is 0.228 e. The summed E-state index contributed by atoms with van der Waals surface area (Å²) in [6.45, 7) is 0.654. The third-order valence-corrected chi connectivity index (χ3v) is 2.71. The van der Waals surface area contributed by atoms with Crippen LogP contribution >= 0.6 is 0 Å². The van der Waals surface area contributed by atoms with Crippen LogP contribution < -0.4 is 19.7 Å². The highest BCUT2D eigenvalue weighted by molar-refractivity contribution is 5.94. The first-order valence-corrected chi connectivity index (χ1v) is 5.77. The lowest BCUT2D eigenvalue weighted by molar-refractivity contribution is -0.118. The summed E-state index contributed by atoms with van der Waals surface area (Å²) in [7, 11) is 6.73. The Bertz CT molecular complexity index is 407. The Hall–Kier alpha value is -1.75. The summed E-state index contributed by atoms with van der Waals surface area (Å²) in [5, 5.41) is 2.95. The molecule has 0 aliphatic rings. The number of anilines is 1. The summed E-state index contributed by atoms with van der Waals surface area (Å²) in [5.41, 5.74) is 0.736. The van der Waals surface area contributed by atoms with Gasteiger partial charge < -0.3 is 19.7 Å². The van der Waals surface area contributed by atoms with E-state index in [1.165, 1.54) is 0 Å². The first-order valence-electron chi connectivity index (χ1n) is 5.77. The molecule has 0 aliphatic heterocycles. The molecular formula is C13H20N2O3. The van der Waals surface area contributed by atoms with Crippen LogP contribution in [0.1, 0.15) is 6.42 Å². The Morgan fingerprint density at radius 1 is 1.33 bits per heavy atom. The lowest BCUT2D eigenvalue weighted by Gasteiger charge is -2.20. The summed E-state index contributed by atoms with van der Waals surface area (Å²) in [4.78, 5) is 13.5. The summed E-state index contributed by atoms with van der Waals surface area (Å²) in [6, 6.07) is 5.38. The van der Waals surface area contributed by atoms with Crippen LogP contribution in [-0.4, -0.2) is 40.8 Å². The maximum atomic E-state index is 11.9. The summed E-state index contributed by atoms with van der Waals surface area (Å²) >= 11 is 0. The molecule has 1 aromatic rings. The minimum atomic E-state index is 0.0350. The molecule has 0 spiro atoms. The average molecular weight is 252 g/mol. The van der Waals surface area contributed by atoms with Gasteiger partial charge in [-0.3, -0.25) is 4.79 Å². The van der Waals surface area contributed by atoms with Gasteiger partial charge in [0.05, 0.1) is 19.9 Å². The number of benzene rings is 1. The van der Waals surface area contributed by atoms with Crippen molar-refractivity contribution in [3.8, 4) is 11.5 Å². The monoisotopic (exact) mass is 252 g/mol. The number of ether oxygens (including phenoxy) is 2. The third-order valence-electron chi connectivity index (χ3n) is 2.71. The summed E-state index contributed by atoms with van der Waals surface area (Å²) in [5.74, 6) is 1.36. The largest absolute Gasteiger partial charge is 0.497 e. The molecule has 1 N–H and O–H groups in total. The van der Waals surface area contributed by atoms with Crippen LogP contribution in [0.3, 0.4) is 0 Å². The number of hydrogen-bond acceptors (Lipinski definition) is 4. The van der Waals surface area contributed by atoms with Crippen molar-refractivity contribution in [1.82, 2.24) is 5.32 Å².